The molecule has 6 heteroatoms. The summed E-state index contributed by atoms with van der Waals surface area (Å²) in [5.74, 6) is 2.83. The van der Waals surface area contributed by atoms with Gasteiger partial charge in [-0.1, -0.05) is 0 Å². The lowest BCUT2D eigenvalue weighted by Crippen LogP contribution is -2.50. The van der Waals surface area contributed by atoms with Crippen LogP contribution in [-0.2, 0) is 11.3 Å². The number of carbonyl (C=O) groups is 1. The SMILES string of the molecule is Cc1nc([N+](=O)[O-])cn1CC(=O)C12CC3CC(CC(C3)C1)C2. The Balaban J connectivity index is 1.56. The number of ketones is 1. The average Bonchev–Trinajstić information content (AvgIpc) is 2.79. The Labute approximate surface area is 129 Å². The summed E-state index contributed by atoms with van der Waals surface area (Å²) in [4.78, 5) is 27.2. The van der Waals surface area contributed by atoms with E-state index in [4.69, 9.17) is 0 Å². The van der Waals surface area contributed by atoms with Gasteiger partial charge in [0.1, 0.15) is 6.20 Å². The van der Waals surface area contributed by atoms with Crippen LogP contribution in [0.25, 0.3) is 0 Å². The van der Waals surface area contributed by atoms with Gasteiger partial charge in [0, 0.05) is 12.3 Å². The van der Waals surface area contributed by atoms with Gasteiger partial charge >= 0.3 is 5.82 Å². The van der Waals surface area contributed by atoms with Crippen LogP contribution in [0.4, 0.5) is 5.82 Å². The summed E-state index contributed by atoms with van der Waals surface area (Å²) in [7, 11) is 0. The zero-order valence-electron chi connectivity index (χ0n) is 12.8. The van der Waals surface area contributed by atoms with Crippen LogP contribution in [-0.4, -0.2) is 20.3 Å². The van der Waals surface area contributed by atoms with Crippen molar-refractivity contribution < 1.29 is 9.72 Å². The molecule has 1 aromatic heterocycles. The highest BCUT2D eigenvalue weighted by molar-refractivity contribution is 5.85. The molecule has 0 amide bonds. The predicted molar refractivity (Wildman–Crippen MR) is 79.2 cm³/mol. The Bertz CT molecular complexity index is 614. The van der Waals surface area contributed by atoms with Crippen molar-refractivity contribution in [3.63, 3.8) is 0 Å². The first-order valence-corrected chi connectivity index (χ1v) is 8.17. The van der Waals surface area contributed by atoms with Crippen molar-refractivity contribution in [1.29, 1.82) is 0 Å². The molecule has 0 atom stereocenters. The minimum atomic E-state index is -0.501. The zero-order valence-corrected chi connectivity index (χ0v) is 12.8. The van der Waals surface area contributed by atoms with Crippen molar-refractivity contribution >= 4 is 11.6 Å². The average molecular weight is 303 g/mol. The number of carbonyl (C=O) groups excluding carboxylic acids is 1. The first-order valence-electron chi connectivity index (χ1n) is 8.17. The third-order valence-corrected chi connectivity index (χ3v) is 6.09. The monoisotopic (exact) mass is 303 g/mol. The van der Waals surface area contributed by atoms with Gasteiger partial charge in [0.2, 0.25) is 5.82 Å². The molecular formula is C16H21N3O3. The third kappa shape index (κ3) is 2.08. The molecule has 0 aromatic carbocycles. The molecule has 0 radical (unpaired) electrons. The Morgan fingerprint density at radius 2 is 1.86 bits per heavy atom. The number of nitro groups is 1. The van der Waals surface area contributed by atoms with E-state index < -0.39 is 4.92 Å². The summed E-state index contributed by atoms with van der Waals surface area (Å²) < 4.78 is 1.65. The Morgan fingerprint density at radius 1 is 1.32 bits per heavy atom. The topological polar surface area (TPSA) is 78.0 Å². The lowest BCUT2D eigenvalue weighted by molar-refractivity contribution is -0.389. The Morgan fingerprint density at radius 3 is 2.32 bits per heavy atom. The van der Waals surface area contributed by atoms with Crippen molar-refractivity contribution in [1.82, 2.24) is 9.55 Å². The first kappa shape index (κ1) is 13.9. The van der Waals surface area contributed by atoms with Crippen LogP contribution >= 0.6 is 0 Å². The maximum absolute atomic E-state index is 13.0. The number of rotatable bonds is 4. The molecule has 4 aliphatic rings. The van der Waals surface area contributed by atoms with Gasteiger partial charge in [0.15, 0.2) is 5.78 Å². The molecule has 0 N–H and O–H groups in total. The minimum Gasteiger partial charge on any atom is -0.358 e. The van der Waals surface area contributed by atoms with E-state index in [0.717, 1.165) is 37.0 Å². The van der Waals surface area contributed by atoms with E-state index in [1.807, 2.05) is 0 Å². The molecule has 0 unspecified atom stereocenters. The number of aromatic nitrogens is 2. The normalized spacial score (nSPS) is 35.8. The molecular weight excluding hydrogens is 282 g/mol. The van der Waals surface area contributed by atoms with E-state index in [1.54, 1.807) is 11.5 Å². The van der Waals surface area contributed by atoms with E-state index in [1.165, 1.54) is 25.5 Å². The maximum Gasteiger partial charge on any atom is 0.381 e. The highest BCUT2D eigenvalue weighted by Crippen LogP contribution is 2.60. The molecule has 0 spiro atoms. The van der Waals surface area contributed by atoms with Crippen LogP contribution in [0.2, 0.25) is 0 Å². The predicted octanol–water partition coefficient (Wildman–Crippen LogP) is 2.89. The van der Waals surface area contributed by atoms with Gasteiger partial charge in [-0.2, -0.15) is 0 Å². The summed E-state index contributed by atoms with van der Waals surface area (Å²) in [6.07, 6.45) is 8.43. The summed E-state index contributed by atoms with van der Waals surface area (Å²) >= 11 is 0. The molecule has 118 valence electrons. The van der Waals surface area contributed by atoms with Crippen LogP contribution in [0, 0.1) is 40.2 Å². The fourth-order valence-corrected chi connectivity index (χ4v) is 5.51. The number of Topliss-reactive ketones (excluding diaryl/α,β-unsaturated/α-hetero) is 1. The minimum absolute atomic E-state index is 0.153. The first-order chi connectivity index (χ1) is 10.4. The van der Waals surface area contributed by atoms with Gasteiger partial charge in [-0.3, -0.25) is 4.79 Å². The second kappa shape index (κ2) is 4.64. The van der Waals surface area contributed by atoms with Gasteiger partial charge in [-0.15, -0.1) is 0 Å². The van der Waals surface area contributed by atoms with Crippen molar-refractivity contribution in [2.75, 3.05) is 0 Å². The highest BCUT2D eigenvalue weighted by atomic mass is 16.6. The molecule has 4 fully saturated rings. The number of aryl methyl sites for hydroxylation is 1. The molecule has 4 bridgehead atoms. The molecule has 5 rings (SSSR count). The molecule has 4 saturated carbocycles. The van der Waals surface area contributed by atoms with Crippen LogP contribution in [0.15, 0.2) is 6.20 Å². The van der Waals surface area contributed by atoms with Crippen molar-refractivity contribution in [2.45, 2.75) is 52.0 Å². The Hall–Kier alpha value is -1.72. The summed E-state index contributed by atoms with van der Waals surface area (Å²) in [5.41, 5.74) is -0.153. The second-order valence-corrected chi connectivity index (χ2v) is 7.65. The standard InChI is InChI=1S/C16H21N3O3/c1-10-17-15(19(21)22)9-18(10)8-14(20)16-5-11-2-12(6-16)4-13(3-11)7-16/h9,11-13H,2-8H2,1H3. The largest absolute Gasteiger partial charge is 0.381 e. The summed E-state index contributed by atoms with van der Waals surface area (Å²) in [5, 5.41) is 10.8. The lowest BCUT2D eigenvalue weighted by atomic mass is 9.48. The van der Waals surface area contributed by atoms with Gasteiger partial charge in [-0.05, 0) is 66.2 Å². The number of imidazole rings is 1. The van der Waals surface area contributed by atoms with E-state index in [9.17, 15) is 14.9 Å². The fraction of sp³-hybridized carbons (Fsp3) is 0.750. The van der Waals surface area contributed by atoms with Crippen LogP contribution < -0.4 is 0 Å². The molecule has 22 heavy (non-hydrogen) atoms. The summed E-state index contributed by atoms with van der Waals surface area (Å²) in [6, 6.07) is 0. The molecule has 6 nitrogen and oxygen atoms in total. The van der Waals surface area contributed by atoms with Crippen LogP contribution in [0.5, 0.6) is 0 Å². The van der Waals surface area contributed by atoms with Crippen LogP contribution in [0.3, 0.4) is 0 Å². The van der Waals surface area contributed by atoms with Crippen molar-refractivity contribution in [3.8, 4) is 0 Å². The Kier molecular flexibility index (Phi) is 2.93. The van der Waals surface area contributed by atoms with E-state index in [-0.39, 0.29) is 23.6 Å². The van der Waals surface area contributed by atoms with E-state index >= 15 is 0 Å². The zero-order chi connectivity index (χ0) is 15.5. The second-order valence-electron chi connectivity index (χ2n) is 7.65. The van der Waals surface area contributed by atoms with Crippen molar-refractivity contribution in [3.05, 3.63) is 22.1 Å². The maximum atomic E-state index is 13.0. The molecule has 0 saturated heterocycles. The quantitative estimate of drug-likeness (QED) is 0.633. The molecule has 4 aliphatic carbocycles. The molecule has 0 aliphatic heterocycles. The molecule has 1 aromatic rings. The van der Waals surface area contributed by atoms with E-state index in [2.05, 4.69) is 4.98 Å². The number of nitrogens with zero attached hydrogens (tertiary/aromatic N) is 3. The van der Waals surface area contributed by atoms with Gasteiger partial charge in [-0.25, -0.2) is 0 Å². The summed E-state index contributed by atoms with van der Waals surface area (Å²) in [6.45, 7) is 1.96. The van der Waals surface area contributed by atoms with Crippen LogP contribution in [0.1, 0.15) is 44.3 Å². The van der Waals surface area contributed by atoms with Gasteiger partial charge in [0.25, 0.3) is 0 Å². The molecule has 1 heterocycles. The highest BCUT2D eigenvalue weighted by Gasteiger charge is 2.54. The number of hydrogen-bond donors (Lipinski definition) is 0. The van der Waals surface area contributed by atoms with Gasteiger partial charge in [0.05, 0.1) is 6.54 Å². The van der Waals surface area contributed by atoms with E-state index in [0.29, 0.717) is 5.82 Å². The third-order valence-electron chi connectivity index (χ3n) is 6.09. The smallest absolute Gasteiger partial charge is 0.358 e. The fourth-order valence-electron chi connectivity index (χ4n) is 5.51. The van der Waals surface area contributed by atoms with Crippen molar-refractivity contribution in [2.24, 2.45) is 23.2 Å². The number of hydrogen-bond acceptors (Lipinski definition) is 4. The lowest BCUT2D eigenvalue weighted by Gasteiger charge is -2.56. The van der Waals surface area contributed by atoms with Gasteiger partial charge < -0.3 is 14.7 Å².